The Morgan fingerprint density at radius 3 is 2.38 bits per heavy atom. The van der Waals surface area contributed by atoms with E-state index in [-0.39, 0.29) is 0 Å². The zero-order chi connectivity index (χ0) is 17.0. The molecule has 2 aromatic carbocycles. The third kappa shape index (κ3) is 6.76. The second-order valence-electron chi connectivity index (χ2n) is 6.46. The number of hydrogen-bond donors (Lipinski definition) is 1. The Balaban J connectivity index is 1.75. The fourth-order valence-electron chi connectivity index (χ4n) is 2.73. The molecule has 0 bridgehead atoms. The van der Waals surface area contributed by atoms with Gasteiger partial charge in [-0.1, -0.05) is 80.6 Å². The molecule has 0 fully saturated rings. The summed E-state index contributed by atoms with van der Waals surface area (Å²) in [7, 11) is 0. The summed E-state index contributed by atoms with van der Waals surface area (Å²) >= 11 is 0. The molecule has 1 N–H and O–H groups in total. The van der Waals surface area contributed by atoms with E-state index < -0.39 is 0 Å². The Hall–Kier alpha value is -1.80. The van der Waals surface area contributed by atoms with Crippen molar-refractivity contribution in [2.24, 2.45) is 0 Å². The first-order chi connectivity index (χ1) is 11.8. The summed E-state index contributed by atoms with van der Waals surface area (Å²) in [4.78, 5) is 0. The van der Waals surface area contributed by atoms with Crippen LogP contribution in [-0.2, 0) is 13.1 Å². The molecule has 0 aromatic heterocycles. The smallest absolute Gasteiger partial charge is 0.123 e. The van der Waals surface area contributed by atoms with Gasteiger partial charge in [0.15, 0.2) is 0 Å². The van der Waals surface area contributed by atoms with Crippen LogP contribution in [0.1, 0.15) is 55.7 Å². The largest absolute Gasteiger partial charge is 0.493 e. The lowest BCUT2D eigenvalue weighted by atomic mass is 10.1. The highest BCUT2D eigenvalue weighted by molar-refractivity contribution is 5.33. The van der Waals surface area contributed by atoms with E-state index in [2.05, 4.69) is 67.7 Å². The van der Waals surface area contributed by atoms with Crippen LogP contribution in [0.2, 0.25) is 0 Å². The molecule has 0 aliphatic carbocycles. The quantitative estimate of drug-likeness (QED) is 0.540. The van der Waals surface area contributed by atoms with Crippen molar-refractivity contribution in [1.29, 1.82) is 0 Å². The lowest BCUT2D eigenvalue weighted by Crippen LogP contribution is -2.13. The van der Waals surface area contributed by atoms with Gasteiger partial charge < -0.3 is 10.1 Å². The minimum atomic E-state index is 0.818. The van der Waals surface area contributed by atoms with E-state index >= 15 is 0 Å². The predicted octanol–water partition coefficient (Wildman–Crippen LogP) is 5.63. The van der Waals surface area contributed by atoms with Crippen molar-refractivity contribution >= 4 is 0 Å². The second-order valence-corrected chi connectivity index (χ2v) is 6.46. The highest BCUT2D eigenvalue weighted by Gasteiger charge is 2.03. The topological polar surface area (TPSA) is 21.3 Å². The molecule has 24 heavy (non-hydrogen) atoms. The molecule has 2 heteroatoms. The van der Waals surface area contributed by atoms with Crippen LogP contribution in [0.25, 0.3) is 0 Å². The van der Waals surface area contributed by atoms with Crippen molar-refractivity contribution in [1.82, 2.24) is 5.32 Å². The van der Waals surface area contributed by atoms with Crippen LogP contribution in [0.5, 0.6) is 5.75 Å². The van der Waals surface area contributed by atoms with Gasteiger partial charge in [-0.15, -0.1) is 0 Å². The van der Waals surface area contributed by atoms with Crippen LogP contribution in [0, 0.1) is 6.92 Å². The maximum Gasteiger partial charge on any atom is 0.123 e. The number of rotatable bonds is 11. The molecule has 0 radical (unpaired) electrons. The normalized spacial score (nSPS) is 10.8. The third-order valence-corrected chi connectivity index (χ3v) is 4.24. The fourth-order valence-corrected chi connectivity index (χ4v) is 2.73. The van der Waals surface area contributed by atoms with Crippen LogP contribution in [0.15, 0.2) is 48.5 Å². The van der Waals surface area contributed by atoms with Crippen molar-refractivity contribution in [2.75, 3.05) is 6.61 Å². The van der Waals surface area contributed by atoms with Crippen LogP contribution < -0.4 is 10.1 Å². The van der Waals surface area contributed by atoms with E-state index in [1.807, 2.05) is 0 Å². The molecule has 0 heterocycles. The number of ether oxygens (including phenoxy) is 1. The summed E-state index contributed by atoms with van der Waals surface area (Å²) in [5, 5.41) is 3.52. The lowest BCUT2D eigenvalue weighted by Gasteiger charge is -2.12. The highest BCUT2D eigenvalue weighted by Crippen LogP contribution is 2.18. The Morgan fingerprint density at radius 2 is 1.58 bits per heavy atom. The fraction of sp³-hybridized carbons (Fsp3) is 0.455. The summed E-state index contributed by atoms with van der Waals surface area (Å²) in [5.74, 6) is 1.02. The van der Waals surface area contributed by atoms with E-state index in [1.54, 1.807) is 0 Å². The average molecular weight is 325 g/mol. The Labute approximate surface area is 147 Å². The van der Waals surface area contributed by atoms with Gasteiger partial charge in [-0.25, -0.2) is 0 Å². The zero-order valence-corrected chi connectivity index (χ0v) is 15.2. The molecule has 0 spiro atoms. The van der Waals surface area contributed by atoms with Gasteiger partial charge in [-0.3, -0.25) is 0 Å². The summed E-state index contributed by atoms with van der Waals surface area (Å²) in [6, 6.07) is 17.0. The van der Waals surface area contributed by atoms with Crippen LogP contribution in [-0.4, -0.2) is 6.61 Å². The van der Waals surface area contributed by atoms with Gasteiger partial charge in [0.1, 0.15) is 5.75 Å². The van der Waals surface area contributed by atoms with Crippen molar-refractivity contribution in [3.8, 4) is 5.75 Å². The summed E-state index contributed by atoms with van der Waals surface area (Å²) in [6.07, 6.45) is 6.35. The maximum absolute atomic E-state index is 6.00. The first-order valence-corrected chi connectivity index (χ1v) is 9.26. The van der Waals surface area contributed by atoms with Crippen molar-refractivity contribution < 1.29 is 4.74 Å². The Bertz CT molecular complexity index is 577. The monoisotopic (exact) mass is 325 g/mol. The molecule has 0 amide bonds. The van der Waals surface area contributed by atoms with E-state index in [4.69, 9.17) is 4.74 Å². The lowest BCUT2D eigenvalue weighted by molar-refractivity contribution is 0.301. The number of aryl methyl sites for hydroxylation is 1. The SMILES string of the molecule is CCCCCCCOc1ccccc1CNCc1ccc(C)cc1. The molecular weight excluding hydrogens is 294 g/mol. The van der Waals surface area contributed by atoms with Gasteiger partial charge in [0.25, 0.3) is 0 Å². The molecule has 130 valence electrons. The van der Waals surface area contributed by atoms with Gasteiger partial charge >= 0.3 is 0 Å². The molecule has 2 aromatic rings. The minimum absolute atomic E-state index is 0.818. The highest BCUT2D eigenvalue weighted by atomic mass is 16.5. The Morgan fingerprint density at radius 1 is 0.833 bits per heavy atom. The minimum Gasteiger partial charge on any atom is -0.493 e. The van der Waals surface area contributed by atoms with Crippen LogP contribution in [0.3, 0.4) is 0 Å². The molecule has 2 nitrogen and oxygen atoms in total. The van der Waals surface area contributed by atoms with Gasteiger partial charge in [0.2, 0.25) is 0 Å². The van der Waals surface area contributed by atoms with Crippen LogP contribution >= 0.6 is 0 Å². The number of para-hydroxylation sites is 1. The third-order valence-electron chi connectivity index (χ3n) is 4.24. The van der Waals surface area contributed by atoms with Crippen molar-refractivity contribution in [2.45, 2.75) is 59.0 Å². The molecular formula is C22H31NO. The first-order valence-electron chi connectivity index (χ1n) is 9.26. The van der Waals surface area contributed by atoms with Gasteiger partial charge in [0, 0.05) is 18.7 Å². The van der Waals surface area contributed by atoms with Gasteiger partial charge in [0.05, 0.1) is 6.61 Å². The van der Waals surface area contributed by atoms with Crippen LogP contribution in [0.4, 0.5) is 0 Å². The average Bonchev–Trinajstić information content (AvgIpc) is 2.61. The van der Waals surface area contributed by atoms with Crippen molar-refractivity contribution in [3.05, 3.63) is 65.2 Å². The molecule has 2 rings (SSSR count). The van der Waals surface area contributed by atoms with Gasteiger partial charge in [-0.05, 0) is 25.0 Å². The molecule has 0 saturated heterocycles. The van der Waals surface area contributed by atoms with Crippen molar-refractivity contribution in [3.63, 3.8) is 0 Å². The Kier molecular flexibility index (Phi) is 8.40. The summed E-state index contributed by atoms with van der Waals surface area (Å²) in [5.41, 5.74) is 3.85. The number of benzene rings is 2. The van der Waals surface area contributed by atoms with E-state index in [0.29, 0.717) is 0 Å². The zero-order valence-electron chi connectivity index (χ0n) is 15.2. The van der Waals surface area contributed by atoms with E-state index in [9.17, 15) is 0 Å². The maximum atomic E-state index is 6.00. The molecule has 0 atom stereocenters. The van der Waals surface area contributed by atoms with E-state index in [1.165, 1.54) is 42.4 Å². The standard InChI is InChI=1S/C22H31NO/c1-3-4-5-6-9-16-24-22-11-8-7-10-21(22)18-23-17-20-14-12-19(2)13-15-20/h7-8,10-15,23H,3-6,9,16-18H2,1-2H3. The molecule has 0 aliphatic rings. The molecule has 0 aliphatic heterocycles. The number of unbranched alkanes of at least 4 members (excludes halogenated alkanes) is 4. The molecule has 0 saturated carbocycles. The van der Waals surface area contributed by atoms with E-state index in [0.717, 1.165) is 31.9 Å². The number of hydrogen-bond acceptors (Lipinski definition) is 2. The molecule has 0 unspecified atom stereocenters. The van der Waals surface area contributed by atoms with Gasteiger partial charge in [-0.2, -0.15) is 0 Å². The summed E-state index contributed by atoms with van der Waals surface area (Å²) in [6.45, 7) is 6.90. The second kappa shape index (κ2) is 10.9. The first kappa shape index (κ1) is 18.5. The predicted molar refractivity (Wildman–Crippen MR) is 102 cm³/mol. The number of nitrogens with one attached hydrogen (secondary N) is 1. The summed E-state index contributed by atoms with van der Waals surface area (Å²) < 4.78 is 6.00.